The Balaban J connectivity index is 1.90. The standard InChI is InChI=1S/C23H19N3O2/c1-14-20-21(15-10-12-17(27)13-11-15)22-18(8-5-9-19(22)28)24-23(20)26(25-14)16-6-3-2-4-7-16/h2-4,6-7,10-13,27H,5,8-9H2,1H3. The Morgan fingerprint density at radius 2 is 1.71 bits per heavy atom. The predicted molar refractivity (Wildman–Crippen MR) is 108 cm³/mol. The van der Waals surface area contributed by atoms with Gasteiger partial charge in [-0.1, -0.05) is 30.3 Å². The van der Waals surface area contributed by atoms with E-state index in [1.54, 1.807) is 12.1 Å². The fourth-order valence-electron chi connectivity index (χ4n) is 4.05. The molecule has 2 heterocycles. The number of para-hydroxylation sites is 1. The third-order valence-electron chi connectivity index (χ3n) is 5.32. The van der Waals surface area contributed by atoms with Gasteiger partial charge in [0, 0.05) is 17.5 Å². The zero-order chi connectivity index (χ0) is 19.3. The highest BCUT2D eigenvalue weighted by atomic mass is 16.3. The van der Waals surface area contributed by atoms with E-state index in [0.717, 1.165) is 52.1 Å². The van der Waals surface area contributed by atoms with Crippen LogP contribution in [0.3, 0.4) is 0 Å². The molecule has 28 heavy (non-hydrogen) atoms. The minimum absolute atomic E-state index is 0.130. The van der Waals surface area contributed by atoms with Gasteiger partial charge >= 0.3 is 0 Å². The van der Waals surface area contributed by atoms with Crippen molar-refractivity contribution in [1.29, 1.82) is 0 Å². The van der Waals surface area contributed by atoms with Gasteiger partial charge in [-0.05, 0) is 49.6 Å². The van der Waals surface area contributed by atoms with E-state index in [2.05, 4.69) is 0 Å². The minimum atomic E-state index is 0.130. The maximum atomic E-state index is 12.9. The number of phenolic OH excluding ortho intramolecular Hbond substituents is 1. The number of Topliss-reactive ketones (excluding diaryl/α,β-unsaturated/α-hetero) is 1. The number of ketones is 1. The monoisotopic (exact) mass is 369 g/mol. The van der Waals surface area contributed by atoms with Gasteiger partial charge in [0.05, 0.1) is 22.5 Å². The Kier molecular flexibility index (Phi) is 3.76. The Bertz CT molecular complexity index is 1210. The number of pyridine rings is 1. The number of carbonyl (C=O) groups is 1. The molecule has 2 aromatic heterocycles. The lowest BCUT2D eigenvalue weighted by atomic mass is 9.86. The molecular formula is C23H19N3O2. The normalized spacial score (nSPS) is 13.7. The number of phenols is 1. The van der Waals surface area contributed by atoms with Gasteiger partial charge in [-0.3, -0.25) is 4.79 Å². The first kappa shape index (κ1) is 16.7. The van der Waals surface area contributed by atoms with E-state index < -0.39 is 0 Å². The highest BCUT2D eigenvalue weighted by molar-refractivity contribution is 6.11. The lowest BCUT2D eigenvalue weighted by Gasteiger charge is -2.19. The van der Waals surface area contributed by atoms with Crippen LogP contribution < -0.4 is 0 Å². The number of hydrogen-bond donors (Lipinski definition) is 1. The lowest BCUT2D eigenvalue weighted by Crippen LogP contribution is -2.15. The number of carbonyl (C=O) groups excluding carboxylic acids is 1. The number of aromatic hydroxyl groups is 1. The summed E-state index contributed by atoms with van der Waals surface area (Å²) >= 11 is 0. The molecule has 0 radical (unpaired) electrons. The molecule has 0 spiro atoms. The fourth-order valence-corrected chi connectivity index (χ4v) is 4.05. The van der Waals surface area contributed by atoms with Crippen molar-refractivity contribution < 1.29 is 9.90 Å². The Morgan fingerprint density at radius 1 is 0.964 bits per heavy atom. The number of rotatable bonds is 2. The lowest BCUT2D eigenvalue weighted by molar-refractivity contribution is 0.0972. The average molecular weight is 369 g/mol. The van der Waals surface area contributed by atoms with Crippen LogP contribution in [-0.4, -0.2) is 25.7 Å². The number of hydrogen-bond acceptors (Lipinski definition) is 4. The number of benzene rings is 2. The summed E-state index contributed by atoms with van der Waals surface area (Å²) < 4.78 is 1.86. The maximum absolute atomic E-state index is 12.9. The summed E-state index contributed by atoms with van der Waals surface area (Å²) in [5, 5.41) is 15.4. The largest absolute Gasteiger partial charge is 0.508 e. The molecule has 1 aliphatic carbocycles. The van der Waals surface area contributed by atoms with Gasteiger partial charge in [0.25, 0.3) is 0 Å². The van der Waals surface area contributed by atoms with Crippen LogP contribution in [0, 0.1) is 6.92 Å². The van der Waals surface area contributed by atoms with Crippen molar-refractivity contribution in [3.8, 4) is 22.6 Å². The molecule has 0 fully saturated rings. The SMILES string of the molecule is Cc1nn(-c2ccccc2)c2nc3c(c(-c4ccc(O)cc4)c12)C(=O)CCC3. The van der Waals surface area contributed by atoms with E-state index in [0.29, 0.717) is 12.0 Å². The molecule has 0 aliphatic heterocycles. The van der Waals surface area contributed by atoms with Crippen molar-refractivity contribution in [1.82, 2.24) is 14.8 Å². The zero-order valence-corrected chi connectivity index (χ0v) is 15.5. The number of nitrogens with zero attached hydrogens (tertiary/aromatic N) is 3. The Labute approximate surface area is 162 Å². The molecular weight excluding hydrogens is 350 g/mol. The fraction of sp³-hybridized carbons (Fsp3) is 0.174. The average Bonchev–Trinajstić information content (AvgIpc) is 3.04. The summed E-state index contributed by atoms with van der Waals surface area (Å²) in [6.07, 6.45) is 2.13. The maximum Gasteiger partial charge on any atom is 0.165 e. The van der Waals surface area contributed by atoms with E-state index in [9.17, 15) is 9.90 Å². The molecule has 0 saturated heterocycles. The van der Waals surface area contributed by atoms with Gasteiger partial charge in [-0.15, -0.1) is 0 Å². The smallest absolute Gasteiger partial charge is 0.165 e. The summed E-state index contributed by atoms with van der Waals surface area (Å²) in [5.74, 6) is 0.330. The van der Waals surface area contributed by atoms with E-state index in [1.165, 1.54) is 0 Å². The molecule has 138 valence electrons. The van der Waals surface area contributed by atoms with E-state index in [1.807, 2.05) is 54.1 Å². The van der Waals surface area contributed by atoms with Crippen LogP contribution in [0.2, 0.25) is 0 Å². The Morgan fingerprint density at radius 3 is 2.46 bits per heavy atom. The van der Waals surface area contributed by atoms with Crippen molar-refractivity contribution in [2.45, 2.75) is 26.2 Å². The molecule has 1 aliphatic rings. The third-order valence-corrected chi connectivity index (χ3v) is 5.32. The first-order chi connectivity index (χ1) is 13.6. The second-order valence-corrected chi connectivity index (χ2v) is 7.16. The van der Waals surface area contributed by atoms with Gasteiger partial charge in [0.1, 0.15) is 5.75 Å². The van der Waals surface area contributed by atoms with Crippen LogP contribution in [0.25, 0.3) is 27.8 Å². The number of aryl methyl sites for hydroxylation is 2. The second kappa shape index (κ2) is 6.30. The molecule has 5 nitrogen and oxygen atoms in total. The molecule has 0 unspecified atom stereocenters. The molecule has 4 aromatic rings. The predicted octanol–water partition coefficient (Wildman–Crippen LogP) is 4.62. The molecule has 2 aromatic carbocycles. The Hall–Kier alpha value is -3.47. The zero-order valence-electron chi connectivity index (χ0n) is 15.5. The minimum Gasteiger partial charge on any atom is -0.508 e. The van der Waals surface area contributed by atoms with E-state index >= 15 is 0 Å². The first-order valence-electron chi connectivity index (χ1n) is 9.43. The topological polar surface area (TPSA) is 68.0 Å². The first-order valence-corrected chi connectivity index (χ1v) is 9.43. The van der Waals surface area contributed by atoms with Crippen LogP contribution in [0.1, 0.15) is 34.6 Å². The van der Waals surface area contributed by atoms with Gasteiger partial charge in [0.2, 0.25) is 0 Å². The highest BCUT2D eigenvalue weighted by Crippen LogP contribution is 2.39. The highest BCUT2D eigenvalue weighted by Gasteiger charge is 2.28. The molecule has 0 saturated carbocycles. The molecule has 5 rings (SSSR count). The molecule has 0 atom stereocenters. The van der Waals surface area contributed by atoms with Crippen LogP contribution >= 0.6 is 0 Å². The van der Waals surface area contributed by atoms with Crippen LogP contribution in [0.5, 0.6) is 5.75 Å². The van der Waals surface area contributed by atoms with Crippen LogP contribution in [0.4, 0.5) is 0 Å². The quantitative estimate of drug-likeness (QED) is 0.560. The number of aromatic nitrogens is 3. The summed E-state index contributed by atoms with van der Waals surface area (Å²) in [7, 11) is 0. The van der Waals surface area contributed by atoms with E-state index in [4.69, 9.17) is 10.1 Å². The van der Waals surface area contributed by atoms with Crippen molar-refractivity contribution in [3.05, 3.63) is 71.5 Å². The van der Waals surface area contributed by atoms with Crippen molar-refractivity contribution in [2.75, 3.05) is 0 Å². The van der Waals surface area contributed by atoms with Crippen molar-refractivity contribution in [2.24, 2.45) is 0 Å². The summed E-state index contributed by atoms with van der Waals surface area (Å²) in [5.41, 5.74) is 5.85. The summed E-state index contributed by atoms with van der Waals surface area (Å²) in [6.45, 7) is 1.95. The molecule has 1 N–H and O–H groups in total. The van der Waals surface area contributed by atoms with Gasteiger partial charge in [-0.25, -0.2) is 9.67 Å². The van der Waals surface area contributed by atoms with Crippen LogP contribution in [-0.2, 0) is 6.42 Å². The van der Waals surface area contributed by atoms with Crippen molar-refractivity contribution >= 4 is 16.8 Å². The van der Waals surface area contributed by atoms with E-state index in [-0.39, 0.29) is 11.5 Å². The summed E-state index contributed by atoms with van der Waals surface area (Å²) in [4.78, 5) is 17.8. The summed E-state index contributed by atoms with van der Waals surface area (Å²) in [6, 6.07) is 16.9. The van der Waals surface area contributed by atoms with Gasteiger partial charge in [-0.2, -0.15) is 5.10 Å². The molecule has 5 heteroatoms. The second-order valence-electron chi connectivity index (χ2n) is 7.16. The van der Waals surface area contributed by atoms with Crippen molar-refractivity contribution in [3.63, 3.8) is 0 Å². The number of fused-ring (bicyclic) bond motifs is 2. The van der Waals surface area contributed by atoms with Crippen LogP contribution in [0.15, 0.2) is 54.6 Å². The van der Waals surface area contributed by atoms with Gasteiger partial charge < -0.3 is 5.11 Å². The van der Waals surface area contributed by atoms with Gasteiger partial charge in [0.15, 0.2) is 11.4 Å². The third kappa shape index (κ3) is 2.51. The molecule has 0 bridgehead atoms. The molecule has 0 amide bonds.